The van der Waals surface area contributed by atoms with Crippen molar-refractivity contribution in [3.05, 3.63) is 35.9 Å². The van der Waals surface area contributed by atoms with E-state index >= 15 is 0 Å². The summed E-state index contributed by atoms with van der Waals surface area (Å²) < 4.78 is 27.9. The third kappa shape index (κ3) is 9.61. The van der Waals surface area contributed by atoms with E-state index in [0.29, 0.717) is 59.5 Å². The Balaban J connectivity index is 1.68. The van der Waals surface area contributed by atoms with Crippen molar-refractivity contribution < 1.29 is 23.7 Å². The molecule has 1 aliphatic rings. The van der Waals surface area contributed by atoms with E-state index in [2.05, 4.69) is 24.3 Å². The third-order valence-electron chi connectivity index (χ3n) is 3.42. The maximum Gasteiger partial charge on any atom is 0.0899 e. The molecule has 6 heteroatoms. The van der Waals surface area contributed by atoms with Gasteiger partial charge in [-0.1, -0.05) is 30.3 Å². The molecule has 0 spiro atoms. The molecular weight excluding hydrogens is 328 g/mol. The van der Waals surface area contributed by atoms with Crippen molar-refractivity contribution >= 4 is 11.8 Å². The summed E-state index contributed by atoms with van der Waals surface area (Å²) in [6.07, 6.45) is 0.0729. The van der Waals surface area contributed by atoms with Gasteiger partial charge in [-0.15, -0.1) is 0 Å². The Hall–Kier alpha value is -0.630. The Kier molecular flexibility index (Phi) is 11.2. The van der Waals surface area contributed by atoms with Crippen molar-refractivity contribution in [3.63, 3.8) is 0 Å². The number of thioether (sulfide) groups is 1. The van der Waals surface area contributed by atoms with E-state index in [-0.39, 0.29) is 6.10 Å². The largest absolute Gasteiger partial charge is 0.377 e. The van der Waals surface area contributed by atoms with Crippen molar-refractivity contribution in [2.24, 2.45) is 0 Å². The van der Waals surface area contributed by atoms with Crippen LogP contribution in [0.4, 0.5) is 0 Å². The SMILES string of the molecule is c1ccc(CSCC2COCCOCCOCCOCCO2)cc1. The van der Waals surface area contributed by atoms with Gasteiger partial charge >= 0.3 is 0 Å². The van der Waals surface area contributed by atoms with Crippen LogP contribution in [-0.2, 0) is 29.4 Å². The lowest BCUT2D eigenvalue weighted by atomic mass is 10.2. The Labute approximate surface area is 148 Å². The van der Waals surface area contributed by atoms with E-state index in [9.17, 15) is 0 Å². The topological polar surface area (TPSA) is 46.2 Å². The summed E-state index contributed by atoms with van der Waals surface area (Å²) in [6, 6.07) is 10.5. The molecule has 136 valence electrons. The van der Waals surface area contributed by atoms with E-state index < -0.39 is 0 Å². The first-order valence-electron chi connectivity index (χ1n) is 8.49. The molecule has 1 heterocycles. The lowest BCUT2D eigenvalue weighted by molar-refractivity contribution is -0.0359. The third-order valence-corrected chi connectivity index (χ3v) is 4.56. The summed E-state index contributed by atoms with van der Waals surface area (Å²) >= 11 is 1.86. The lowest BCUT2D eigenvalue weighted by Gasteiger charge is -2.18. The molecule has 1 fully saturated rings. The monoisotopic (exact) mass is 356 g/mol. The molecule has 1 aliphatic heterocycles. The van der Waals surface area contributed by atoms with Gasteiger partial charge in [0.05, 0.1) is 65.6 Å². The Morgan fingerprint density at radius 1 is 0.750 bits per heavy atom. The second kappa shape index (κ2) is 13.6. The molecule has 0 amide bonds. The van der Waals surface area contributed by atoms with Crippen LogP contribution in [0.25, 0.3) is 0 Å². The summed E-state index contributed by atoms with van der Waals surface area (Å²) in [5.41, 5.74) is 1.33. The minimum Gasteiger partial charge on any atom is -0.377 e. The lowest BCUT2D eigenvalue weighted by Crippen LogP contribution is -2.25. The smallest absolute Gasteiger partial charge is 0.0899 e. The molecule has 0 saturated carbocycles. The molecule has 0 radical (unpaired) electrons. The highest BCUT2D eigenvalue weighted by molar-refractivity contribution is 7.98. The molecule has 1 unspecified atom stereocenters. The fourth-order valence-electron chi connectivity index (χ4n) is 2.18. The molecule has 1 aromatic carbocycles. The van der Waals surface area contributed by atoms with Crippen molar-refractivity contribution in [1.82, 2.24) is 0 Å². The maximum absolute atomic E-state index is 5.90. The van der Waals surface area contributed by atoms with Crippen molar-refractivity contribution in [1.29, 1.82) is 0 Å². The summed E-state index contributed by atoms with van der Waals surface area (Å²) in [5, 5.41) is 0. The average Bonchev–Trinajstić information content (AvgIpc) is 2.62. The van der Waals surface area contributed by atoms with Crippen LogP contribution in [0.15, 0.2) is 30.3 Å². The van der Waals surface area contributed by atoms with Crippen LogP contribution in [0.2, 0.25) is 0 Å². The van der Waals surface area contributed by atoms with Gasteiger partial charge in [0.2, 0.25) is 0 Å². The molecule has 0 bridgehead atoms. The van der Waals surface area contributed by atoms with Crippen LogP contribution < -0.4 is 0 Å². The predicted molar refractivity (Wildman–Crippen MR) is 95.6 cm³/mol. The first-order valence-corrected chi connectivity index (χ1v) is 9.65. The molecular formula is C18H28O5S. The zero-order valence-electron chi connectivity index (χ0n) is 14.2. The number of hydrogen-bond acceptors (Lipinski definition) is 6. The van der Waals surface area contributed by atoms with Gasteiger partial charge in [0.15, 0.2) is 0 Å². The highest BCUT2D eigenvalue weighted by Gasteiger charge is 2.10. The zero-order valence-corrected chi connectivity index (χ0v) is 15.0. The van der Waals surface area contributed by atoms with Gasteiger partial charge in [0.1, 0.15) is 0 Å². The van der Waals surface area contributed by atoms with Gasteiger partial charge in [-0.25, -0.2) is 0 Å². The summed E-state index contributed by atoms with van der Waals surface area (Å²) in [7, 11) is 0. The quantitative estimate of drug-likeness (QED) is 0.825. The molecule has 5 nitrogen and oxygen atoms in total. The van der Waals surface area contributed by atoms with Crippen LogP contribution >= 0.6 is 11.8 Å². The van der Waals surface area contributed by atoms with Gasteiger partial charge in [-0.3, -0.25) is 0 Å². The molecule has 1 atom stereocenters. The summed E-state index contributed by atoms with van der Waals surface area (Å²) in [6.45, 7) is 5.29. The summed E-state index contributed by atoms with van der Waals surface area (Å²) in [5.74, 6) is 1.89. The molecule has 1 aromatic rings. The highest BCUT2D eigenvalue weighted by atomic mass is 32.2. The Morgan fingerprint density at radius 3 is 2.00 bits per heavy atom. The first kappa shape index (κ1) is 19.7. The van der Waals surface area contributed by atoms with Gasteiger partial charge < -0.3 is 23.7 Å². The molecule has 0 aliphatic carbocycles. The van der Waals surface area contributed by atoms with E-state index in [1.54, 1.807) is 0 Å². The van der Waals surface area contributed by atoms with Gasteiger partial charge in [-0.05, 0) is 5.56 Å². The average molecular weight is 356 g/mol. The van der Waals surface area contributed by atoms with Crippen molar-refractivity contribution in [2.75, 3.05) is 65.2 Å². The number of rotatable bonds is 4. The molecule has 0 aromatic heterocycles. The zero-order chi connectivity index (χ0) is 16.7. The number of hydrogen-bond donors (Lipinski definition) is 0. The van der Waals surface area contributed by atoms with Crippen LogP contribution in [0.3, 0.4) is 0 Å². The van der Waals surface area contributed by atoms with Crippen molar-refractivity contribution in [3.8, 4) is 0 Å². The molecule has 2 rings (SSSR count). The fourth-order valence-corrected chi connectivity index (χ4v) is 3.18. The van der Waals surface area contributed by atoms with E-state index in [0.717, 1.165) is 11.5 Å². The maximum atomic E-state index is 5.90. The number of benzene rings is 1. The second-order valence-electron chi connectivity index (χ2n) is 5.41. The van der Waals surface area contributed by atoms with E-state index in [1.165, 1.54) is 5.56 Å². The predicted octanol–water partition coefficient (Wildman–Crippen LogP) is 2.39. The molecule has 24 heavy (non-hydrogen) atoms. The molecule has 1 saturated heterocycles. The molecule has 0 N–H and O–H groups in total. The normalized spacial score (nSPS) is 22.4. The number of ether oxygens (including phenoxy) is 5. The van der Waals surface area contributed by atoms with Crippen LogP contribution in [0, 0.1) is 0 Å². The Morgan fingerprint density at radius 2 is 1.33 bits per heavy atom. The van der Waals surface area contributed by atoms with Gasteiger partial charge in [0, 0.05) is 11.5 Å². The van der Waals surface area contributed by atoms with E-state index in [1.807, 2.05) is 17.8 Å². The fraction of sp³-hybridized carbons (Fsp3) is 0.667. The van der Waals surface area contributed by atoms with Gasteiger partial charge in [0.25, 0.3) is 0 Å². The summed E-state index contributed by atoms with van der Waals surface area (Å²) in [4.78, 5) is 0. The first-order chi connectivity index (χ1) is 11.9. The second-order valence-corrected chi connectivity index (χ2v) is 6.44. The minimum atomic E-state index is 0.0729. The van der Waals surface area contributed by atoms with Crippen LogP contribution in [-0.4, -0.2) is 71.3 Å². The minimum absolute atomic E-state index is 0.0729. The Bertz CT molecular complexity index is 388. The van der Waals surface area contributed by atoms with Gasteiger partial charge in [-0.2, -0.15) is 11.8 Å². The highest BCUT2D eigenvalue weighted by Crippen LogP contribution is 2.14. The van der Waals surface area contributed by atoms with Crippen LogP contribution in [0.5, 0.6) is 0 Å². The van der Waals surface area contributed by atoms with Crippen LogP contribution in [0.1, 0.15) is 5.56 Å². The standard InChI is InChI=1S/C18H28O5S/c1-2-4-17(5-3-1)15-24-16-18-14-22-11-10-20-7-6-19-8-9-21-12-13-23-18/h1-5,18H,6-16H2. The van der Waals surface area contributed by atoms with E-state index in [4.69, 9.17) is 23.7 Å². The van der Waals surface area contributed by atoms with Crippen molar-refractivity contribution in [2.45, 2.75) is 11.9 Å².